The first-order valence-corrected chi connectivity index (χ1v) is 8.81. The summed E-state index contributed by atoms with van der Waals surface area (Å²) in [6.07, 6.45) is 0. The molecule has 0 fully saturated rings. The molecule has 2 aromatic carbocycles. The fourth-order valence-electron chi connectivity index (χ4n) is 2.10. The fourth-order valence-corrected chi connectivity index (χ4v) is 3.13. The third kappa shape index (κ3) is 4.56. The van der Waals surface area contributed by atoms with Crippen molar-refractivity contribution in [3.8, 4) is 5.75 Å². The largest absolute Gasteiger partial charge is 0.495 e. The molecule has 24 heavy (non-hydrogen) atoms. The van der Waals surface area contributed by atoms with Crippen molar-refractivity contribution in [2.24, 2.45) is 0 Å². The van der Waals surface area contributed by atoms with Crippen LogP contribution in [-0.2, 0) is 21.4 Å². The maximum atomic E-state index is 12.4. The van der Waals surface area contributed by atoms with Crippen molar-refractivity contribution < 1.29 is 17.9 Å². The number of methoxy groups -OCH3 is 1. The van der Waals surface area contributed by atoms with Crippen LogP contribution in [0.1, 0.15) is 18.1 Å². The van der Waals surface area contributed by atoms with Gasteiger partial charge in [-0.3, -0.25) is 4.79 Å². The van der Waals surface area contributed by atoms with Crippen molar-refractivity contribution in [1.29, 1.82) is 0 Å². The highest BCUT2D eigenvalue weighted by Gasteiger charge is 2.16. The third-order valence-electron chi connectivity index (χ3n) is 3.38. The molecule has 0 bridgehead atoms. The Balaban J connectivity index is 2.19. The van der Waals surface area contributed by atoms with Crippen molar-refractivity contribution >= 4 is 21.6 Å². The lowest BCUT2D eigenvalue weighted by molar-refractivity contribution is -0.114. The quantitative estimate of drug-likeness (QED) is 0.840. The minimum absolute atomic E-state index is 0.0700. The minimum Gasteiger partial charge on any atom is -0.495 e. The Kier molecular flexibility index (Phi) is 5.58. The molecule has 6 nitrogen and oxygen atoms in total. The van der Waals surface area contributed by atoms with Crippen LogP contribution in [0.5, 0.6) is 5.75 Å². The topological polar surface area (TPSA) is 84.5 Å². The Morgan fingerprint density at radius 2 is 1.79 bits per heavy atom. The van der Waals surface area contributed by atoms with Gasteiger partial charge in [0.25, 0.3) is 0 Å². The number of carbonyl (C=O) groups excluding carboxylic acids is 1. The normalized spacial score (nSPS) is 11.1. The lowest BCUT2D eigenvalue weighted by Crippen LogP contribution is -2.23. The summed E-state index contributed by atoms with van der Waals surface area (Å²) in [5, 5.41) is 2.59. The number of amides is 1. The van der Waals surface area contributed by atoms with Gasteiger partial charge in [0.2, 0.25) is 15.9 Å². The average Bonchev–Trinajstić information content (AvgIpc) is 2.54. The number of rotatable bonds is 6. The highest BCUT2D eigenvalue weighted by molar-refractivity contribution is 7.89. The van der Waals surface area contributed by atoms with Gasteiger partial charge >= 0.3 is 0 Å². The van der Waals surface area contributed by atoms with Gasteiger partial charge in [0.1, 0.15) is 5.75 Å². The van der Waals surface area contributed by atoms with E-state index in [0.29, 0.717) is 5.69 Å². The van der Waals surface area contributed by atoms with Crippen molar-refractivity contribution in [2.45, 2.75) is 25.3 Å². The second kappa shape index (κ2) is 7.46. The molecule has 0 aliphatic carbocycles. The second-order valence-corrected chi connectivity index (χ2v) is 7.12. The van der Waals surface area contributed by atoms with E-state index in [-0.39, 0.29) is 23.1 Å². The number of nitrogens with one attached hydrogen (secondary N) is 2. The summed E-state index contributed by atoms with van der Waals surface area (Å²) < 4.78 is 32.5. The highest BCUT2D eigenvalue weighted by atomic mass is 32.2. The summed E-state index contributed by atoms with van der Waals surface area (Å²) >= 11 is 0. The molecule has 0 aromatic heterocycles. The van der Waals surface area contributed by atoms with Crippen LogP contribution < -0.4 is 14.8 Å². The zero-order chi connectivity index (χ0) is 17.7. The molecule has 2 N–H and O–H groups in total. The van der Waals surface area contributed by atoms with Crippen LogP contribution in [0.15, 0.2) is 47.4 Å². The second-order valence-electron chi connectivity index (χ2n) is 5.35. The van der Waals surface area contributed by atoms with Gasteiger partial charge in [-0.15, -0.1) is 0 Å². The van der Waals surface area contributed by atoms with Crippen LogP contribution in [-0.4, -0.2) is 21.4 Å². The fraction of sp³-hybridized carbons (Fsp3) is 0.235. The van der Waals surface area contributed by atoms with E-state index < -0.39 is 10.0 Å². The van der Waals surface area contributed by atoms with Gasteiger partial charge in [-0.25, -0.2) is 13.1 Å². The zero-order valence-electron chi connectivity index (χ0n) is 13.8. The molecule has 0 heterocycles. The molecule has 1 amide bonds. The van der Waals surface area contributed by atoms with E-state index in [0.717, 1.165) is 11.1 Å². The number of carbonyl (C=O) groups is 1. The summed E-state index contributed by atoms with van der Waals surface area (Å²) in [6.45, 7) is 3.53. The molecule has 128 valence electrons. The van der Waals surface area contributed by atoms with Crippen LogP contribution in [0.4, 0.5) is 5.69 Å². The molecule has 0 spiro atoms. The number of hydrogen-bond acceptors (Lipinski definition) is 4. The van der Waals surface area contributed by atoms with Crippen molar-refractivity contribution in [1.82, 2.24) is 4.72 Å². The van der Waals surface area contributed by atoms with E-state index >= 15 is 0 Å². The van der Waals surface area contributed by atoms with E-state index in [9.17, 15) is 13.2 Å². The van der Waals surface area contributed by atoms with Gasteiger partial charge < -0.3 is 10.1 Å². The van der Waals surface area contributed by atoms with Crippen LogP contribution in [0, 0.1) is 6.92 Å². The molecular weight excluding hydrogens is 328 g/mol. The molecule has 7 heteroatoms. The maximum Gasteiger partial charge on any atom is 0.241 e. The monoisotopic (exact) mass is 348 g/mol. The van der Waals surface area contributed by atoms with Crippen LogP contribution in [0.25, 0.3) is 0 Å². The van der Waals surface area contributed by atoms with E-state index in [2.05, 4.69) is 10.0 Å². The number of aryl methyl sites for hydroxylation is 1. The van der Waals surface area contributed by atoms with Crippen molar-refractivity contribution in [3.05, 3.63) is 53.6 Å². The number of ether oxygens (including phenoxy) is 1. The van der Waals surface area contributed by atoms with Gasteiger partial charge in [0.05, 0.1) is 17.7 Å². The molecule has 2 rings (SSSR count). The molecule has 0 radical (unpaired) electrons. The van der Waals surface area contributed by atoms with E-state index in [1.54, 1.807) is 0 Å². The van der Waals surface area contributed by atoms with E-state index in [4.69, 9.17) is 4.74 Å². The number of hydrogen-bond donors (Lipinski definition) is 2. The lowest BCUT2D eigenvalue weighted by Gasteiger charge is -2.12. The molecular formula is C17H20N2O4S. The maximum absolute atomic E-state index is 12.4. The van der Waals surface area contributed by atoms with Gasteiger partial charge in [-0.05, 0) is 24.6 Å². The predicted octanol–water partition coefficient (Wildman–Crippen LogP) is 2.44. The van der Waals surface area contributed by atoms with Gasteiger partial charge in [-0.2, -0.15) is 0 Å². The Hall–Kier alpha value is -2.38. The summed E-state index contributed by atoms with van der Waals surface area (Å²) in [6, 6.07) is 11.9. The van der Waals surface area contributed by atoms with Crippen LogP contribution in [0.3, 0.4) is 0 Å². The molecule has 0 aliphatic heterocycles. The first-order chi connectivity index (χ1) is 11.3. The first-order valence-electron chi connectivity index (χ1n) is 7.32. The molecule has 2 aromatic rings. The zero-order valence-corrected chi connectivity index (χ0v) is 14.6. The smallest absolute Gasteiger partial charge is 0.241 e. The number of benzene rings is 2. The summed E-state index contributed by atoms with van der Waals surface area (Å²) in [5.74, 6) is 0.0183. The van der Waals surface area contributed by atoms with Gasteiger partial charge in [-0.1, -0.05) is 29.8 Å². The van der Waals surface area contributed by atoms with Crippen LogP contribution in [0.2, 0.25) is 0 Å². The summed E-state index contributed by atoms with van der Waals surface area (Å²) in [5.41, 5.74) is 2.40. The Labute approximate surface area is 141 Å². The predicted molar refractivity (Wildman–Crippen MR) is 92.5 cm³/mol. The SMILES string of the molecule is COc1cc(S(=O)(=O)NCc2ccc(C)cc2)ccc1NC(C)=O. The number of sulfonamides is 1. The summed E-state index contributed by atoms with van der Waals surface area (Å²) in [4.78, 5) is 11.2. The Morgan fingerprint density at radius 3 is 2.38 bits per heavy atom. The Morgan fingerprint density at radius 1 is 1.12 bits per heavy atom. The molecule has 0 aliphatic rings. The molecule has 0 unspecified atom stereocenters. The number of anilines is 1. The van der Waals surface area contributed by atoms with Gasteiger partial charge in [0, 0.05) is 19.5 Å². The summed E-state index contributed by atoms with van der Waals surface area (Å²) in [7, 11) is -2.28. The standard InChI is InChI=1S/C17H20N2O4S/c1-12-4-6-14(7-5-12)11-18-24(21,22)15-8-9-16(19-13(2)20)17(10-15)23-3/h4-10,18H,11H2,1-3H3,(H,19,20). The average molecular weight is 348 g/mol. The van der Waals surface area contributed by atoms with Crippen LogP contribution >= 0.6 is 0 Å². The first kappa shape index (κ1) is 18.0. The van der Waals surface area contributed by atoms with Crippen molar-refractivity contribution in [3.63, 3.8) is 0 Å². The van der Waals surface area contributed by atoms with E-state index in [1.165, 1.54) is 32.2 Å². The molecule has 0 saturated heterocycles. The minimum atomic E-state index is -3.69. The molecule has 0 atom stereocenters. The van der Waals surface area contributed by atoms with E-state index in [1.807, 2.05) is 31.2 Å². The Bertz CT molecular complexity index is 830. The molecule has 0 saturated carbocycles. The van der Waals surface area contributed by atoms with Gasteiger partial charge in [0.15, 0.2) is 0 Å². The lowest BCUT2D eigenvalue weighted by atomic mass is 10.2. The van der Waals surface area contributed by atoms with Crippen molar-refractivity contribution in [2.75, 3.05) is 12.4 Å². The highest BCUT2D eigenvalue weighted by Crippen LogP contribution is 2.27. The third-order valence-corrected chi connectivity index (χ3v) is 4.78.